The van der Waals surface area contributed by atoms with Gasteiger partial charge in [-0.3, -0.25) is 14.9 Å². The molecule has 178 valence electrons. The molecule has 33 heavy (non-hydrogen) atoms. The molecule has 0 bridgehead atoms. The fourth-order valence-electron chi connectivity index (χ4n) is 4.03. The third-order valence-electron chi connectivity index (χ3n) is 5.84. The van der Waals surface area contributed by atoms with Gasteiger partial charge in [-0.2, -0.15) is 0 Å². The van der Waals surface area contributed by atoms with Crippen LogP contribution in [0.1, 0.15) is 56.6 Å². The van der Waals surface area contributed by atoms with E-state index in [0.29, 0.717) is 6.42 Å². The van der Waals surface area contributed by atoms with Crippen molar-refractivity contribution in [2.24, 2.45) is 5.92 Å². The van der Waals surface area contributed by atoms with Crippen molar-refractivity contribution in [3.63, 3.8) is 0 Å². The van der Waals surface area contributed by atoms with Gasteiger partial charge in [0.15, 0.2) is 5.78 Å². The summed E-state index contributed by atoms with van der Waals surface area (Å²) in [7, 11) is -2.90. The van der Waals surface area contributed by atoms with E-state index in [1.807, 2.05) is 0 Å². The Kier molecular flexibility index (Phi) is 7.51. The lowest BCUT2D eigenvalue weighted by Gasteiger charge is -2.20. The summed E-state index contributed by atoms with van der Waals surface area (Å²) >= 11 is 0. The molecule has 1 aliphatic carbocycles. The predicted octanol–water partition coefficient (Wildman–Crippen LogP) is 5.52. The second-order valence-electron chi connectivity index (χ2n) is 8.45. The molecule has 0 atom stereocenters. The first-order chi connectivity index (χ1) is 15.5. The number of carbonyl (C=O) groups excluding carboxylic acids is 1. The molecule has 1 aliphatic rings. The maximum Gasteiger partial charge on any atom is 0.270 e. The lowest BCUT2D eigenvalue weighted by molar-refractivity contribution is -0.114. The van der Waals surface area contributed by atoms with Crippen LogP contribution >= 0.6 is 0 Å². The highest BCUT2D eigenvalue weighted by Crippen LogP contribution is 2.32. The molecule has 9 heteroatoms. The maximum atomic E-state index is 13.6. The number of sulfonamides is 1. The van der Waals surface area contributed by atoms with E-state index < -0.39 is 15.9 Å². The number of rotatable bonds is 9. The van der Waals surface area contributed by atoms with Crippen LogP contribution in [-0.2, 0) is 20.7 Å². The fraction of sp³-hybridized carbons (Fsp3) is 0.417. The van der Waals surface area contributed by atoms with Crippen LogP contribution in [0.5, 0.6) is 5.75 Å². The topological polar surface area (TPSA) is 96.3 Å². The number of ketones is 1. The minimum absolute atomic E-state index is 0.0180. The van der Waals surface area contributed by atoms with Gasteiger partial charge in [0, 0.05) is 30.2 Å². The Balaban J connectivity index is 1.81. The number of carbonyl (C=O) groups is 1. The Bertz CT molecular complexity index is 1140. The zero-order valence-electron chi connectivity index (χ0n) is 18.7. The number of ether oxygens (including phenoxy) is 1. The molecule has 0 aromatic heterocycles. The van der Waals surface area contributed by atoms with E-state index in [-0.39, 0.29) is 44.9 Å². The zero-order chi connectivity index (χ0) is 24.2. The van der Waals surface area contributed by atoms with E-state index in [2.05, 4.69) is 4.72 Å². The largest absolute Gasteiger partial charge is 0.495 e. The van der Waals surface area contributed by atoms with Crippen molar-refractivity contribution in [1.82, 2.24) is 0 Å². The Hall–Kier alpha value is -2.81. The number of anilines is 1. The van der Waals surface area contributed by atoms with Crippen LogP contribution in [0, 0.1) is 11.3 Å². The van der Waals surface area contributed by atoms with Crippen molar-refractivity contribution in [2.75, 3.05) is 11.8 Å². The van der Waals surface area contributed by atoms with Crippen LogP contribution in [0.2, 0.25) is 0 Å². The minimum atomic E-state index is -4.18. The zero-order valence-corrected chi connectivity index (χ0v) is 19.5. The van der Waals surface area contributed by atoms with Gasteiger partial charge in [-0.25, -0.2) is 17.2 Å². The van der Waals surface area contributed by atoms with Crippen LogP contribution in [0.4, 0.5) is 14.5 Å². The van der Waals surface area contributed by atoms with Crippen molar-refractivity contribution in [2.45, 2.75) is 56.3 Å². The van der Waals surface area contributed by atoms with E-state index >= 15 is 0 Å². The normalized spacial score (nSPS) is 15.2. The monoisotopic (exact) mass is 478 g/mol. The lowest BCUT2D eigenvalue weighted by atomic mass is 9.84. The van der Waals surface area contributed by atoms with E-state index in [1.165, 1.54) is 49.9 Å². The van der Waals surface area contributed by atoms with E-state index in [9.17, 15) is 22.0 Å². The van der Waals surface area contributed by atoms with E-state index in [4.69, 9.17) is 10.1 Å². The molecule has 2 aromatic carbocycles. The molecule has 0 radical (unpaired) electrons. The third-order valence-corrected chi connectivity index (χ3v) is 7.26. The van der Waals surface area contributed by atoms with Gasteiger partial charge in [0.2, 0.25) is 0 Å². The molecule has 0 spiro atoms. The van der Waals surface area contributed by atoms with Gasteiger partial charge >= 0.3 is 0 Å². The average Bonchev–Trinajstić information content (AvgIpc) is 2.78. The molecule has 1 fully saturated rings. The Morgan fingerprint density at radius 3 is 2.48 bits per heavy atom. The molecule has 2 aromatic rings. The number of nitrogens with one attached hydrogen (secondary N) is 2. The van der Waals surface area contributed by atoms with Crippen LogP contribution in [0.15, 0.2) is 47.4 Å². The Morgan fingerprint density at radius 2 is 1.85 bits per heavy atom. The smallest absolute Gasteiger partial charge is 0.270 e. The molecule has 6 nitrogen and oxygen atoms in total. The van der Waals surface area contributed by atoms with Gasteiger partial charge in [0.05, 0.1) is 7.11 Å². The molecule has 0 heterocycles. The van der Waals surface area contributed by atoms with Gasteiger partial charge in [0.1, 0.15) is 16.4 Å². The highest BCUT2D eigenvalue weighted by atomic mass is 32.2. The maximum absolute atomic E-state index is 13.6. The second-order valence-corrected chi connectivity index (χ2v) is 10.1. The Morgan fingerprint density at radius 1 is 1.15 bits per heavy atom. The number of hydrogen-bond donors (Lipinski definition) is 2. The molecule has 0 saturated heterocycles. The van der Waals surface area contributed by atoms with Crippen molar-refractivity contribution in [3.05, 3.63) is 53.6 Å². The summed E-state index contributed by atoms with van der Waals surface area (Å²) in [5.74, 6) is -3.17. The average molecular weight is 479 g/mol. The van der Waals surface area contributed by atoms with Crippen molar-refractivity contribution in [3.8, 4) is 5.75 Å². The first kappa shape index (κ1) is 24.8. The lowest BCUT2D eigenvalue weighted by Crippen LogP contribution is -2.20. The standard InChI is InChI=1S/C24H28F2N2O4S/c1-24(25,26)18-9-6-10-19(15-18)28-33(30,31)22-12-11-17(14-21(22)32-2)23(27)20(29)13-16-7-4-3-5-8-16/h6,9-12,14-16,27-28H,3-5,7-8,13H2,1-2H3. The summed E-state index contributed by atoms with van der Waals surface area (Å²) in [5.41, 5.74) is -0.265. The quantitative estimate of drug-likeness (QED) is 0.464. The fourth-order valence-corrected chi connectivity index (χ4v) is 5.23. The number of Topliss-reactive ketones (excluding diaryl/α,β-unsaturated/α-hetero) is 1. The highest BCUT2D eigenvalue weighted by Gasteiger charge is 2.27. The first-order valence-corrected chi connectivity index (χ1v) is 12.3. The van der Waals surface area contributed by atoms with Crippen LogP contribution < -0.4 is 9.46 Å². The van der Waals surface area contributed by atoms with Crippen molar-refractivity contribution >= 4 is 27.2 Å². The van der Waals surface area contributed by atoms with Crippen LogP contribution in [0.25, 0.3) is 0 Å². The number of benzene rings is 2. The minimum Gasteiger partial charge on any atom is -0.495 e. The highest BCUT2D eigenvalue weighted by molar-refractivity contribution is 7.92. The molecule has 0 amide bonds. The van der Waals surface area contributed by atoms with Gasteiger partial charge in [0.25, 0.3) is 15.9 Å². The van der Waals surface area contributed by atoms with Crippen LogP contribution in [-0.4, -0.2) is 27.0 Å². The second kappa shape index (κ2) is 9.99. The van der Waals surface area contributed by atoms with E-state index in [1.54, 1.807) is 0 Å². The van der Waals surface area contributed by atoms with Gasteiger partial charge in [-0.15, -0.1) is 0 Å². The van der Waals surface area contributed by atoms with Crippen molar-refractivity contribution in [1.29, 1.82) is 5.41 Å². The summed E-state index contributed by atoms with van der Waals surface area (Å²) < 4.78 is 60.5. The Labute approximate surface area is 192 Å². The summed E-state index contributed by atoms with van der Waals surface area (Å²) in [6.07, 6.45) is 5.64. The predicted molar refractivity (Wildman–Crippen MR) is 123 cm³/mol. The van der Waals surface area contributed by atoms with Crippen LogP contribution in [0.3, 0.4) is 0 Å². The summed E-state index contributed by atoms with van der Waals surface area (Å²) in [6.45, 7) is 0.729. The van der Waals surface area contributed by atoms with Gasteiger partial charge in [-0.05, 0) is 30.2 Å². The number of hydrogen-bond acceptors (Lipinski definition) is 5. The molecule has 0 unspecified atom stereocenters. The molecule has 3 rings (SSSR count). The first-order valence-electron chi connectivity index (χ1n) is 10.8. The van der Waals surface area contributed by atoms with Crippen molar-refractivity contribution < 1.29 is 26.7 Å². The molecule has 2 N–H and O–H groups in total. The third kappa shape index (κ3) is 6.16. The molecular weight excluding hydrogens is 450 g/mol. The number of methoxy groups -OCH3 is 1. The summed E-state index contributed by atoms with van der Waals surface area (Å²) in [6, 6.07) is 8.96. The summed E-state index contributed by atoms with van der Waals surface area (Å²) in [5, 5.41) is 8.27. The summed E-state index contributed by atoms with van der Waals surface area (Å²) in [4.78, 5) is 12.4. The van der Waals surface area contributed by atoms with E-state index in [0.717, 1.165) is 38.7 Å². The SMILES string of the molecule is COc1cc(C(=N)C(=O)CC2CCCCC2)ccc1S(=O)(=O)Nc1cccc(C(C)(F)F)c1. The number of halogens is 2. The number of alkyl halides is 2. The van der Waals surface area contributed by atoms with Gasteiger partial charge < -0.3 is 4.74 Å². The van der Waals surface area contributed by atoms with Gasteiger partial charge in [-0.1, -0.05) is 50.3 Å². The molecular formula is C24H28F2N2O4S. The molecule has 1 saturated carbocycles. The molecule has 0 aliphatic heterocycles.